The third-order valence-corrected chi connectivity index (χ3v) is 9.54. The highest BCUT2D eigenvalue weighted by Gasteiger charge is 2.36. The maximum atomic E-state index is 12.9. The fourth-order valence-electron chi connectivity index (χ4n) is 7.80. The van der Waals surface area contributed by atoms with Crippen molar-refractivity contribution in [3.8, 4) is 33.8 Å². The van der Waals surface area contributed by atoms with E-state index < -0.39 is 0 Å². The predicted octanol–water partition coefficient (Wildman–Crippen LogP) is 6.85. The molecule has 0 atom stereocenters. The van der Waals surface area contributed by atoms with Crippen LogP contribution < -0.4 is 9.47 Å². The molecule has 0 aliphatic heterocycles. The zero-order valence-electron chi connectivity index (χ0n) is 22.9. The summed E-state index contributed by atoms with van der Waals surface area (Å²) < 4.78 is 11.5. The summed E-state index contributed by atoms with van der Waals surface area (Å²) in [6, 6.07) is 15.4. The van der Waals surface area contributed by atoms with E-state index in [-0.39, 0.29) is 11.8 Å². The molecule has 4 aliphatic carbocycles. The SMILES string of the molecule is COc1cc2c3c(c1)CCc1c4c5c(c(c1-3)CC2)CCc1cc(OC(=O)c2ccc(C(C)=O)cc2)cc(c1-5)CC4. The van der Waals surface area contributed by atoms with Crippen LogP contribution in [-0.4, -0.2) is 18.9 Å². The number of Topliss-reactive ketones (excluding diaryl/α,β-unsaturated/α-hetero) is 1. The third-order valence-electron chi connectivity index (χ3n) is 9.54. The zero-order valence-corrected chi connectivity index (χ0v) is 22.9. The molecule has 0 spiro atoms. The molecule has 40 heavy (non-hydrogen) atoms. The number of carbonyl (C=O) groups is 2. The largest absolute Gasteiger partial charge is 0.497 e. The Labute approximate surface area is 234 Å². The molecule has 0 heterocycles. The summed E-state index contributed by atoms with van der Waals surface area (Å²) in [5.74, 6) is 1.20. The summed E-state index contributed by atoms with van der Waals surface area (Å²) in [5, 5.41) is 0. The van der Waals surface area contributed by atoms with Crippen LogP contribution in [0, 0.1) is 0 Å². The lowest BCUT2D eigenvalue weighted by atomic mass is 9.65. The van der Waals surface area contributed by atoms with E-state index in [4.69, 9.17) is 9.47 Å². The van der Waals surface area contributed by atoms with Crippen molar-refractivity contribution in [3.63, 3.8) is 0 Å². The Morgan fingerprint density at radius 2 is 0.950 bits per heavy atom. The summed E-state index contributed by atoms with van der Waals surface area (Å²) in [7, 11) is 1.77. The van der Waals surface area contributed by atoms with Gasteiger partial charge in [-0.1, -0.05) is 12.1 Å². The molecule has 198 valence electrons. The third kappa shape index (κ3) is 3.38. The fourth-order valence-corrected chi connectivity index (χ4v) is 7.80. The standard InChI is InChI=1S/C36H30O4/c1-19(37)20-3-5-21(6-4-20)36(38)40-27-17-24-9-13-30-28-11-7-22-15-26(39-2)16-23-8-12-29(34(28)32(22)23)31-14-10-25(18-27)33(24)35(30)31/h3-6,15-18H,7-14H2,1-2H3. The van der Waals surface area contributed by atoms with Crippen molar-refractivity contribution >= 4 is 11.8 Å². The lowest BCUT2D eigenvalue weighted by molar-refractivity contribution is 0.0734. The minimum absolute atomic E-state index is 0.0198. The molecular formula is C36H30O4. The number of fused-ring (bicyclic) bond motifs is 2. The van der Waals surface area contributed by atoms with E-state index in [0.29, 0.717) is 16.9 Å². The summed E-state index contributed by atoms with van der Waals surface area (Å²) in [4.78, 5) is 24.5. The van der Waals surface area contributed by atoms with Crippen molar-refractivity contribution in [2.24, 2.45) is 0 Å². The molecule has 0 radical (unpaired) electrons. The average Bonchev–Trinajstić information content (AvgIpc) is 2.98. The number of ether oxygens (including phenoxy) is 2. The Hall–Kier alpha value is -4.18. The van der Waals surface area contributed by atoms with Crippen molar-refractivity contribution < 1.29 is 19.1 Å². The lowest BCUT2D eigenvalue weighted by Gasteiger charge is -2.39. The van der Waals surface area contributed by atoms with Crippen LogP contribution in [-0.2, 0) is 51.4 Å². The van der Waals surface area contributed by atoms with Crippen molar-refractivity contribution in [3.05, 3.63) is 104 Å². The Bertz CT molecular complexity index is 1710. The first-order valence-corrected chi connectivity index (χ1v) is 14.4. The van der Waals surface area contributed by atoms with Gasteiger partial charge in [0.1, 0.15) is 11.5 Å². The number of benzene rings is 4. The first kappa shape index (κ1) is 23.7. The quantitative estimate of drug-likeness (QED) is 0.166. The highest BCUT2D eigenvalue weighted by molar-refractivity contribution is 5.97. The summed E-state index contributed by atoms with van der Waals surface area (Å²) in [6.07, 6.45) is 8.30. The van der Waals surface area contributed by atoms with E-state index in [1.54, 1.807) is 59.2 Å². The molecule has 0 saturated carbocycles. The smallest absolute Gasteiger partial charge is 0.343 e. The van der Waals surface area contributed by atoms with Crippen molar-refractivity contribution in [2.45, 2.75) is 58.3 Å². The maximum absolute atomic E-state index is 12.9. The molecule has 0 unspecified atom stereocenters. The number of carbonyl (C=O) groups excluding carboxylic acids is 2. The highest BCUT2D eigenvalue weighted by atomic mass is 16.5. The summed E-state index contributed by atoms with van der Waals surface area (Å²) in [6.45, 7) is 1.52. The van der Waals surface area contributed by atoms with Crippen molar-refractivity contribution in [1.29, 1.82) is 0 Å². The second-order valence-electron chi connectivity index (χ2n) is 11.6. The van der Waals surface area contributed by atoms with E-state index >= 15 is 0 Å². The number of methoxy groups -OCH3 is 1. The van der Waals surface area contributed by atoms with Crippen molar-refractivity contribution in [2.75, 3.05) is 7.11 Å². The monoisotopic (exact) mass is 526 g/mol. The molecule has 0 saturated heterocycles. The molecule has 0 amide bonds. The number of hydrogen-bond acceptors (Lipinski definition) is 4. The Morgan fingerprint density at radius 3 is 1.35 bits per heavy atom. The van der Waals surface area contributed by atoms with Crippen LogP contribution in [0.3, 0.4) is 0 Å². The molecule has 0 fully saturated rings. The second-order valence-corrected chi connectivity index (χ2v) is 11.6. The van der Waals surface area contributed by atoms with Crippen LogP contribution in [0.2, 0.25) is 0 Å². The molecule has 0 N–H and O–H groups in total. The van der Waals surface area contributed by atoms with Gasteiger partial charge in [0, 0.05) is 5.56 Å². The number of aryl methyl sites for hydroxylation is 4. The molecule has 4 aliphatic rings. The van der Waals surface area contributed by atoms with Crippen LogP contribution in [0.4, 0.5) is 0 Å². The van der Waals surface area contributed by atoms with Gasteiger partial charge in [0.15, 0.2) is 5.78 Å². The zero-order chi connectivity index (χ0) is 27.1. The Morgan fingerprint density at radius 1 is 0.550 bits per heavy atom. The van der Waals surface area contributed by atoms with E-state index in [1.165, 1.54) is 45.9 Å². The first-order valence-electron chi connectivity index (χ1n) is 14.4. The van der Waals surface area contributed by atoms with Gasteiger partial charge in [-0.2, -0.15) is 0 Å². The predicted molar refractivity (Wildman–Crippen MR) is 155 cm³/mol. The number of esters is 1. The topological polar surface area (TPSA) is 52.6 Å². The molecule has 4 aromatic rings. The maximum Gasteiger partial charge on any atom is 0.343 e. The Kier molecular flexibility index (Phi) is 5.13. The van der Waals surface area contributed by atoms with Gasteiger partial charge < -0.3 is 9.47 Å². The van der Waals surface area contributed by atoms with Gasteiger partial charge >= 0.3 is 5.97 Å². The molecule has 4 nitrogen and oxygen atoms in total. The molecule has 8 rings (SSSR count). The summed E-state index contributed by atoms with van der Waals surface area (Å²) in [5.41, 5.74) is 18.8. The Balaban J connectivity index is 1.21. The normalized spacial score (nSPS) is 15.2. The van der Waals surface area contributed by atoms with Crippen LogP contribution in [0.25, 0.3) is 22.3 Å². The number of rotatable bonds is 4. The van der Waals surface area contributed by atoms with Gasteiger partial charge in [0.05, 0.1) is 12.7 Å². The second kappa shape index (κ2) is 8.66. The fraction of sp³-hybridized carbons (Fsp3) is 0.278. The van der Waals surface area contributed by atoms with Gasteiger partial charge in [0.25, 0.3) is 0 Å². The molecule has 0 bridgehead atoms. The van der Waals surface area contributed by atoms with Crippen LogP contribution in [0.1, 0.15) is 72.1 Å². The van der Waals surface area contributed by atoms with Crippen LogP contribution in [0.5, 0.6) is 11.5 Å². The van der Waals surface area contributed by atoms with Gasteiger partial charge in [-0.25, -0.2) is 4.79 Å². The average molecular weight is 527 g/mol. The highest BCUT2D eigenvalue weighted by Crippen LogP contribution is 2.53. The van der Waals surface area contributed by atoms with Crippen LogP contribution in [0.15, 0.2) is 48.5 Å². The molecule has 0 aromatic heterocycles. The van der Waals surface area contributed by atoms with Gasteiger partial charge in [-0.15, -0.1) is 0 Å². The minimum Gasteiger partial charge on any atom is -0.497 e. The first-order chi connectivity index (χ1) is 19.5. The molecular weight excluding hydrogens is 496 g/mol. The van der Waals surface area contributed by atoms with Crippen molar-refractivity contribution in [1.82, 2.24) is 0 Å². The van der Waals surface area contributed by atoms with Gasteiger partial charge in [-0.3, -0.25) is 4.79 Å². The minimum atomic E-state index is -0.389. The van der Waals surface area contributed by atoms with E-state index in [1.807, 2.05) is 0 Å². The number of ketones is 1. The van der Waals surface area contributed by atoms with Gasteiger partial charge in [0.2, 0.25) is 0 Å². The van der Waals surface area contributed by atoms with Crippen LogP contribution >= 0.6 is 0 Å². The van der Waals surface area contributed by atoms with E-state index in [9.17, 15) is 9.59 Å². The van der Waals surface area contributed by atoms with E-state index in [0.717, 1.165) is 57.1 Å². The summed E-state index contributed by atoms with van der Waals surface area (Å²) >= 11 is 0. The lowest BCUT2D eigenvalue weighted by Crippen LogP contribution is -2.24. The molecule has 4 heteroatoms. The number of hydrogen-bond donors (Lipinski definition) is 0. The molecule has 4 aromatic carbocycles. The van der Waals surface area contributed by atoms with E-state index in [2.05, 4.69) is 24.3 Å². The van der Waals surface area contributed by atoms with Gasteiger partial charge in [-0.05, 0) is 161 Å².